The van der Waals surface area contributed by atoms with Crippen LogP contribution in [0.5, 0.6) is 0 Å². The molecule has 2 heterocycles. The summed E-state index contributed by atoms with van der Waals surface area (Å²) in [5.41, 5.74) is -0.275. The summed E-state index contributed by atoms with van der Waals surface area (Å²) in [5, 5.41) is 3.30. The Morgan fingerprint density at radius 2 is 1.91 bits per heavy atom. The Hall–Kier alpha value is -2.63. The van der Waals surface area contributed by atoms with Gasteiger partial charge in [-0.1, -0.05) is 18.2 Å². The second-order valence-electron chi connectivity index (χ2n) is 5.58. The Morgan fingerprint density at radius 1 is 1.17 bits per heavy atom. The average molecular weight is 314 g/mol. The Balaban J connectivity index is 1.63. The predicted octanol–water partition coefficient (Wildman–Crippen LogP) is 1.54. The van der Waals surface area contributed by atoms with E-state index in [2.05, 4.69) is 5.32 Å². The third-order valence-electron chi connectivity index (χ3n) is 3.97. The first-order chi connectivity index (χ1) is 11.1. The van der Waals surface area contributed by atoms with E-state index >= 15 is 0 Å². The minimum absolute atomic E-state index is 0.0355. The lowest BCUT2D eigenvalue weighted by atomic mass is 10.2. The fraction of sp³-hybridized carbons (Fsp3) is 0.353. The number of nitrogens with zero attached hydrogens (tertiary/aromatic N) is 1. The summed E-state index contributed by atoms with van der Waals surface area (Å²) in [6, 6.07) is 8.52. The Morgan fingerprint density at radius 3 is 2.70 bits per heavy atom. The fourth-order valence-electron chi connectivity index (χ4n) is 2.72. The summed E-state index contributed by atoms with van der Waals surface area (Å²) in [6.07, 6.45) is 2.32. The lowest BCUT2D eigenvalue weighted by Crippen LogP contribution is -2.34. The van der Waals surface area contributed by atoms with Gasteiger partial charge >= 0.3 is 5.63 Å². The van der Waals surface area contributed by atoms with E-state index in [4.69, 9.17) is 4.42 Å². The van der Waals surface area contributed by atoms with Crippen LogP contribution in [0.2, 0.25) is 0 Å². The molecule has 0 spiro atoms. The molecule has 0 atom stereocenters. The zero-order valence-electron chi connectivity index (χ0n) is 12.7. The molecule has 120 valence electrons. The van der Waals surface area contributed by atoms with Gasteiger partial charge in [0.2, 0.25) is 5.91 Å². The van der Waals surface area contributed by atoms with E-state index in [-0.39, 0.29) is 24.4 Å². The molecule has 0 bridgehead atoms. The minimum Gasteiger partial charge on any atom is -0.422 e. The summed E-state index contributed by atoms with van der Waals surface area (Å²) in [4.78, 5) is 37.7. The zero-order valence-corrected chi connectivity index (χ0v) is 12.7. The highest BCUT2D eigenvalue weighted by Crippen LogP contribution is 2.12. The third-order valence-corrected chi connectivity index (χ3v) is 3.97. The van der Waals surface area contributed by atoms with Crippen molar-refractivity contribution in [1.82, 2.24) is 10.2 Å². The predicted molar refractivity (Wildman–Crippen MR) is 85.2 cm³/mol. The van der Waals surface area contributed by atoms with Crippen LogP contribution >= 0.6 is 0 Å². The number of likely N-dealkylation sites (tertiary alicyclic amines) is 1. The summed E-state index contributed by atoms with van der Waals surface area (Å²) >= 11 is 0. The van der Waals surface area contributed by atoms with Crippen molar-refractivity contribution in [2.45, 2.75) is 19.3 Å². The maximum absolute atomic E-state index is 12.1. The van der Waals surface area contributed by atoms with E-state index in [1.807, 2.05) is 0 Å². The Kier molecular flexibility index (Phi) is 4.41. The van der Waals surface area contributed by atoms with Crippen LogP contribution in [0, 0.1) is 0 Å². The number of nitrogens with one attached hydrogen (secondary N) is 1. The number of hydrogen-bond donors (Lipinski definition) is 1. The molecule has 0 radical (unpaired) electrons. The van der Waals surface area contributed by atoms with Crippen LogP contribution < -0.4 is 10.9 Å². The smallest absolute Gasteiger partial charge is 0.349 e. The second-order valence-corrected chi connectivity index (χ2v) is 5.58. The lowest BCUT2D eigenvalue weighted by Gasteiger charge is -2.15. The number of carbonyl (C=O) groups is 2. The largest absolute Gasteiger partial charge is 0.422 e. The van der Waals surface area contributed by atoms with E-state index in [0.717, 1.165) is 25.9 Å². The topological polar surface area (TPSA) is 79.6 Å². The van der Waals surface area contributed by atoms with Crippen LogP contribution in [-0.4, -0.2) is 36.3 Å². The molecule has 1 fully saturated rings. The molecule has 3 rings (SSSR count). The van der Waals surface area contributed by atoms with E-state index < -0.39 is 11.5 Å². The molecule has 0 unspecified atom stereocenters. The van der Waals surface area contributed by atoms with E-state index in [0.29, 0.717) is 11.0 Å². The van der Waals surface area contributed by atoms with Gasteiger partial charge in [0.25, 0.3) is 5.91 Å². The Bertz CT molecular complexity index is 791. The number of amides is 2. The second kappa shape index (κ2) is 6.64. The number of rotatable bonds is 4. The maximum Gasteiger partial charge on any atom is 0.349 e. The van der Waals surface area contributed by atoms with Crippen LogP contribution in [0.3, 0.4) is 0 Å². The molecule has 1 aromatic carbocycles. The molecule has 23 heavy (non-hydrogen) atoms. The first-order valence-electron chi connectivity index (χ1n) is 7.74. The molecular weight excluding hydrogens is 296 g/mol. The van der Waals surface area contributed by atoms with Crippen LogP contribution in [0.4, 0.5) is 0 Å². The van der Waals surface area contributed by atoms with Crippen molar-refractivity contribution in [3.8, 4) is 0 Å². The monoisotopic (exact) mass is 314 g/mol. The molecule has 1 aromatic heterocycles. The minimum atomic E-state index is -0.674. The van der Waals surface area contributed by atoms with Crippen molar-refractivity contribution in [2.75, 3.05) is 19.6 Å². The Labute approximate surface area is 133 Å². The molecule has 2 amide bonds. The molecule has 2 aromatic rings. The van der Waals surface area contributed by atoms with Crippen LogP contribution in [0.15, 0.2) is 39.5 Å². The van der Waals surface area contributed by atoms with Crippen molar-refractivity contribution in [2.24, 2.45) is 0 Å². The van der Waals surface area contributed by atoms with Gasteiger partial charge in [-0.3, -0.25) is 9.59 Å². The number of para-hydroxylation sites is 1. The summed E-state index contributed by atoms with van der Waals surface area (Å²) in [7, 11) is 0. The van der Waals surface area contributed by atoms with Gasteiger partial charge in [-0.05, 0) is 25.0 Å². The number of carbonyl (C=O) groups excluding carboxylic acids is 2. The van der Waals surface area contributed by atoms with Crippen molar-refractivity contribution in [1.29, 1.82) is 0 Å². The number of fused-ring (bicyclic) bond motifs is 1. The first-order valence-corrected chi connectivity index (χ1v) is 7.74. The highest BCUT2D eigenvalue weighted by molar-refractivity contribution is 5.96. The van der Waals surface area contributed by atoms with Gasteiger partial charge in [-0.25, -0.2) is 4.79 Å². The summed E-state index contributed by atoms with van der Waals surface area (Å²) in [6.45, 7) is 1.79. The molecular formula is C17H18N2O4. The highest BCUT2D eigenvalue weighted by Gasteiger charge is 2.18. The molecule has 0 aliphatic carbocycles. The highest BCUT2D eigenvalue weighted by atomic mass is 16.4. The fourth-order valence-corrected chi connectivity index (χ4v) is 2.72. The SMILES string of the molecule is O=C(NCCC(=O)N1CCCC1)c1cc2ccccc2oc1=O. The van der Waals surface area contributed by atoms with Gasteiger partial charge in [-0.15, -0.1) is 0 Å². The van der Waals surface area contributed by atoms with E-state index in [9.17, 15) is 14.4 Å². The standard InChI is InChI=1S/C17H18N2O4/c20-15(19-9-3-4-10-19)7-8-18-16(21)13-11-12-5-1-2-6-14(12)23-17(13)22/h1-2,5-6,11H,3-4,7-10H2,(H,18,21). The van der Waals surface area contributed by atoms with E-state index in [1.165, 1.54) is 6.07 Å². The van der Waals surface area contributed by atoms with Crippen molar-refractivity contribution in [3.63, 3.8) is 0 Å². The summed E-state index contributed by atoms with van der Waals surface area (Å²) in [5.74, 6) is -0.480. The maximum atomic E-state index is 12.1. The first kappa shape index (κ1) is 15.3. The van der Waals surface area contributed by atoms with Gasteiger partial charge in [0.15, 0.2) is 0 Å². The molecule has 1 aliphatic heterocycles. The zero-order chi connectivity index (χ0) is 16.2. The van der Waals surface area contributed by atoms with Gasteiger partial charge < -0.3 is 14.6 Å². The van der Waals surface area contributed by atoms with Crippen LogP contribution in [0.1, 0.15) is 29.6 Å². The molecule has 6 nitrogen and oxygen atoms in total. The average Bonchev–Trinajstić information content (AvgIpc) is 3.08. The van der Waals surface area contributed by atoms with Crippen molar-refractivity contribution >= 4 is 22.8 Å². The molecule has 0 saturated carbocycles. The van der Waals surface area contributed by atoms with Crippen LogP contribution in [0.25, 0.3) is 11.0 Å². The number of benzene rings is 1. The molecule has 1 aliphatic rings. The number of hydrogen-bond acceptors (Lipinski definition) is 4. The van der Waals surface area contributed by atoms with Gasteiger partial charge in [0, 0.05) is 31.4 Å². The van der Waals surface area contributed by atoms with Crippen LogP contribution in [-0.2, 0) is 4.79 Å². The quantitative estimate of drug-likeness (QED) is 0.868. The normalized spacial score (nSPS) is 14.2. The van der Waals surface area contributed by atoms with E-state index in [1.54, 1.807) is 29.2 Å². The molecule has 6 heteroatoms. The van der Waals surface area contributed by atoms with Crippen molar-refractivity contribution in [3.05, 3.63) is 46.3 Å². The van der Waals surface area contributed by atoms with Crippen molar-refractivity contribution < 1.29 is 14.0 Å². The summed E-state index contributed by atoms with van der Waals surface area (Å²) < 4.78 is 5.13. The lowest BCUT2D eigenvalue weighted by molar-refractivity contribution is -0.129. The van der Waals surface area contributed by atoms with Gasteiger partial charge in [-0.2, -0.15) is 0 Å². The molecule has 1 N–H and O–H groups in total. The van der Waals surface area contributed by atoms with Gasteiger partial charge in [0.1, 0.15) is 11.1 Å². The van der Waals surface area contributed by atoms with Gasteiger partial charge in [0.05, 0.1) is 0 Å². The third kappa shape index (κ3) is 3.41. The molecule has 1 saturated heterocycles.